The maximum Gasteiger partial charge on any atom is 0.220 e. The van der Waals surface area contributed by atoms with E-state index in [1.807, 2.05) is 0 Å². The highest BCUT2D eigenvalue weighted by Gasteiger charge is 2.14. The molecule has 0 fully saturated rings. The lowest BCUT2D eigenvalue weighted by Gasteiger charge is -2.19. The van der Waals surface area contributed by atoms with Crippen molar-refractivity contribution in [2.24, 2.45) is 17.6 Å². The molecule has 1 heterocycles. The number of carbonyl (C=O) groups is 1. The van der Waals surface area contributed by atoms with Crippen LogP contribution in [0.15, 0.2) is 18.6 Å². The molecule has 0 aliphatic rings. The fourth-order valence-electron chi connectivity index (χ4n) is 2.04. The van der Waals surface area contributed by atoms with E-state index >= 15 is 0 Å². The minimum atomic E-state index is 0.0706. The summed E-state index contributed by atoms with van der Waals surface area (Å²) in [7, 11) is 0. The molecule has 5 heteroatoms. The van der Waals surface area contributed by atoms with Gasteiger partial charge in [-0.2, -0.15) is 0 Å². The molecule has 1 unspecified atom stereocenters. The molecule has 19 heavy (non-hydrogen) atoms. The summed E-state index contributed by atoms with van der Waals surface area (Å²) in [6, 6.07) is 1.80. The second-order valence-corrected chi connectivity index (χ2v) is 5.10. The minimum absolute atomic E-state index is 0.0706. The highest BCUT2D eigenvalue weighted by atomic mass is 16.1. The van der Waals surface area contributed by atoms with Crippen LogP contribution in [0.4, 0.5) is 0 Å². The Hall–Kier alpha value is -1.49. The van der Waals surface area contributed by atoms with E-state index in [9.17, 15) is 4.79 Å². The SMILES string of the molecule is CC(C)C(CCN)CCC(=O)NCc1ccncn1. The van der Waals surface area contributed by atoms with Crippen LogP contribution in [0.25, 0.3) is 0 Å². The lowest BCUT2D eigenvalue weighted by atomic mass is 9.88. The molecule has 0 saturated carbocycles. The summed E-state index contributed by atoms with van der Waals surface area (Å²) in [5, 5.41) is 2.87. The van der Waals surface area contributed by atoms with Gasteiger partial charge in [0.05, 0.1) is 12.2 Å². The molecule has 106 valence electrons. The van der Waals surface area contributed by atoms with Crippen molar-refractivity contribution in [2.75, 3.05) is 6.54 Å². The number of nitrogens with two attached hydrogens (primary N) is 1. The Bertz CT molecular complexity index is 367. The van der Waals surface area contributed by atoms with Crippen LogP contribution in [0, 0.1) is 11.8 Å². The van der Waals surface area contributed by atoms with Crippen molar-refractivity contribution in [3.8, 4) is 0 Å². The van der Waals surface area contributed by atoms with Gasteiger partial charge >= 0.3 is 0 Å². The van der Waals surface area contributed by atoms with Crippen LogP contribution >= 0.6 is 0 Å². The highest BCUT2D eigenvalue weighted by Crippen LogP contribution is 2.20. The molecule has 0 bridgehead atoms. The maximum absolute atomic E-state index is 11.8. The first-order valence-corrected chi connectivity index (χ1v) is 6.85. The fraction of sp³-hybridized carbons (Fsp3) is 0.643. The Labute approximate surface area is 115 Å². The van der Waals surface area contributed by atoms with E-state index in [1.54, 1.807) is 12.3 Å². The predicted molar refractivity (Wildman–Crippen MR) is 75.1 cm³/mol. The first kappa shape index (κ1) is 15.6. The van der Waals surface area contributed by atoms with Gasteiger partial charge in [-0.1, -0.05) is 13.8 Å². The molecule has 5 nitrogen and oxygen atoms in total. The van der Waals surface area contributed by atoms with Gasteiger partial charge in [-0.3, -0.25) is 4.79 Å². The van der Waals surface area contributed by atoms with E-state index < -0.39 is 0 Å². The minimum Gasteiger partial charge on any atom is -0.350 e. The van der Waals surface area contributed by atoms with Gasteiger partial charge in [0, 0.05) is 12.6 Å². The standard InChI is InChI=1S/C14H24N4O/c1-11(2)12(5-7-15)3-4-14(19)17-9-13-6-8-16-10-18-13/h6,8,10-12H,3-5,7,9,15H2,1-2H3,(H,17,19). The van der Waals surface area contributed by atoms with Gasteiger partial charge in [0.25, 0.3) is 0 Å². The number of nitrogens with zero attached hydrogens (tertiary/aromatic N) is 2. The van der Waals surface area contributed by atoms with Crippen molar-refractivity contribution < 1.29 is 4.79 Å². The molecule has 0 saturated heterocycles. The molecule has 1 rings (SSSR count). The Morgan fingerprint density at radius 1 is 1.42 bits per heavy atom. The highest BCUT2D eigenvalue weighted by molar-refractivity contribution is 5.75. The van der Waals surface area contributed by atoms with Crippen molar-refractivity contribution in [3.05, 3.63) is 24.3 Å². The van der Waals surface area contributed by atoms with E-state index in [2.05, 4.69) is 29.1 Å². The van der Waals surface area contributed by atoms with Crippen molar-refractivity contribution in [1.29, 1.82) is 0 Å². The molecule has 0 radical (unpaired) electrons. The zero-order valence-corrected chi connectivity index (χ0v) is 11.8. The maximum atomic E-state index is 11.8. The van der Waals surface area contributed by atoms with Crippen molar-refractivity contribution >= 4 is 5.91 Å². The molecule has 1 amide bonds. The van der Waals surface area contributed by atoms with Gasteiger partial charge in [0.1, 0.15) is 6.33 Å². The van der Waals surface area contributed by atoms with Crippen LogP contribution in [0.5, 0.6) is 0 Å². The fourth-order valence-corrected chi connectivity index (χ4v) is 2.04. The summed E-state index contributed by atoms with van der Waals surface area (Å²) in [5.74, 6) is 1.16. The topological polar surface area (TPSA) is 80.9 Å². The van der Waals surface area contributed by atoms with Crippen LogP contribution in [0.1, 0.15) is 38.8 Å². The van der Waals surface area contributed by atoms with Gasteiger partial charge in [-0.05, 0) is 37.3 Å². The van der Waals surface area contributed by atoms with E-state index in [0.29, 0.717) is 31.3 Å². The number of nitrogens with one attached hydrogen (secondary N) is 1. The van der Waals surface area contributed by atoms with Crippen molar-refractivity contribution in [2.45, 2.75) is 39.7 Å². The second-order valence-electron chi connectivity index (χ2n) is 5.10. The van der Waals surface area contributed by atoms with E-state index in [4.69, 9.17) is 5.73 Å². The molecule has 0 aromatic carbocycles. The largest absolute Gasteiger partial charge is 0.350 e. The van der Waals surface area contributed by atoms with Gasteiger partial charge < -0.3 is 11.1 Å². The molecular formula is C14H24N4O. The number of hydrogen-bond donors (Lipinski definition) is 2. The molecular weight excluding hydrogens is 240 g/mol. The van der Waals surface area contributed by atoms with Gasteiger partial charge in [0.15, 0.2) is 0 Å². The zero-order chi connectivity index (χ0) is 14.1. The molecule has 0 aliphatic carbocycles. The lowest BCUT2D eigenvalue weighted by Crippen LogP contribution is -2.25. The van der Waals surface area contributed by atoms with Crippen LogP contribution in [-0.4, -0.2) is 22.4 Å². The molecule has 1 aromatic heterocycles. The molecule has 1 aromatic rings. The summed E-state index contributed by atoms with van der Waals surface area (Å²) in [4.78, 5) is 19.7. The van der Waals surface area contributed by atoms with E-state index in [0.717, 1.165) is 18.5 Å². The summed E-state index contributed by atoms with van der Waals surface area (Å²) in [5.41, 5.74) is 6.42. The third kappa shape index (κ3) is 6.29. The summed E-state index contributed by atoms with van der Waals surface area (Å²) < 4.78 is 0. The van der Waals surface area contributed by atoms with Crippen LogP contribution in [0.3, 0.4) is 0 Å². The second kappa shape index (κ2) is 8.58. The van der Waals surface area contributed by atoms with Crippen LogP contribution < -0.4 is 11.1 Å². The number of aromatic nitrogens is 2. The Morgan fingerprint density at radius 3 is 2.79 bits per heavy atom. The molecule has 0 aliphatic heterocycles. The van der Waals surface area contributed by atoms with E-state index in [-0.39, 0.29) is 5.91 Å². The third-order valence-corrected chi connectivity index (χ3v) is 3.33. The summed E-state index contributed by atoms with van der Waals surface area (Å²) >= 11 is 0. The molecule has 1 atom stereocenters. The summed E-state index contributed by atoms with van der Waals surface area (Å²) in [6.45, 7) is 5.51. The Balaban J connectivity index is 2.27. The van der Waals surface area contributed by atoms with Gasteiger partial charge in [-0.25, -0.2) is 9.97 Å². The predicted octanol–water partition coefficient (Wildman–Crippen LogP) is 1.49. The average molecular weight is 264 g/mol. The quantitative estimate of drug-likeness (QED) is 0.745. The van der Waals surface area contributed by atoms with E-state index in [1.165, 1.54) is 6.33 Å². The van der Waals surface area contributed by atoms with Gasteiger partial charge in [0.2, 0.25) is 5.91 Å². The Morgan fingerprint density at radius 2 is 2.21 bits per heavy atom. The number of amides is 1. The lowest BCUT2D eigenvalue weighted by molar-refractivity contribution is -0.121. The molecule has 0 spiro atoms. The Kier molecular flexibility index (Phi) is 7.03. The van der Waals surface area contributed by atoms with Crippen LogP contribution in [-0.2, 0) is 11.3 Å². The van der Waals surface area contributed by atoms with Gasteiger partial charge in [-0.15, -0.1) is 0 Å². The number of rotatable bonds is 8. The summed E-state index contributed by atoms with van der Waals surface area (Å²) in [6.07, 6.45) is 5.58. The smallest absolute Gasteiger partial charge is 0.220 e. The molecule has 3 N–H and O–H groups in total. The number of carbonyl (C=O) groups excluding carboxylic acids is 1. The monoisotopic (exact) mass is 264 g/mol. The first-order chi connectivity index (χ1) is 9.13. The first-order valence-electron chi connectivity index (χ1n) is 6.85. The average Bonchev–Trinajstić information content (AvgIpc) is 2.42. The normalized spacial score (nSPS) is 12.4. The number of hydrogen-bond acceptors (Lipinski definition) is 4. The van der Waals surface area contributed by atoms with Crippen LogP contribution in [0.2, 0.25) is 0 Å². The van der Waals surface area contributed by atoms with Crippen molar-refractivity contribution in [1.82, 2.24) is 15.3 Å². The zero-order valence-electron chi connectivity index (χ0n) is 11.8. The van der Waals surface area contributed by atoms with Crippen molar-refractivity contribution in [3.63, 3.8) is 0 Å². The third-order valence-electron chi connectivity index (χ3n) is 3.33.